The van der Waals surface area contributed by atoms with E-state index in [-0.39, 0.29) is 17.5 Å². The van der Waals surface area contributed by atoms with Gasteiger partial charge in [0.1, 0.15) is 0 Å². The fraction of sp³-hybridized carbons (Fsp3) is 0.286. The molecule has 0 saturated heterocycles. The van der Waals surface area contributed by atoms with Gasteiger partial charge in [0.25, 0.3) is 0 Å². The Kier molecular flexibility index (Phi) is 4.59. The lowest BCUT2D eigenvalue weighted by Gasteiger charge is -2.16. The molecule has 0 saturated carbocycles. The normalized spacial score (nSPS) is 13.3. The van der Waals surface area contributed by atoms with Crippen molar-refractivity contribution in [2.75, 3.05) is 0 Å². The lowest BCUT2D eigenvalue weighted by molar-refractivity contribution is 0.282. The van der Waals surface area contributed by atoms with Crippen molar-refractivity contribution in [1.29, 1.82) is 0 Å². The van der Waals surface area contributed by atoms with Gasteiger partial charge in [0.2, 0.25) is 10.0 Å². The Bertz CT molecular complexity index is 692. The van der Waals surface area contributed by atoms with E-state index >= 15 is 0 Å². The Morgan fingerprint density at radius 3 is 2.65 bits per heavy atom. The SMILES string of the molecule is Cc1ccccc1C(C)NS(=O)(=O)c1ccsc1CO. The second kappa shape index (κ2) is 6.05. The molecule has 1 aromatic heterocycles. The standard InChI is InChI=1S/C14H17NO3S2/c1-10-5-3-4-6-12(10)11(2)15-20(17,18)14-7-8-19-13(14)9-16/h3-8,11,15-16H,9H2,1-2H3. The van der Waals surface area contributed by atoms with Gasteiger partial charge in [0, 0.05) is 10.9 Å². The molecule has 4 nitrogen and oxygen atoms in total. The number of hydrogen-bond acceptors (Lipinski definition) is 4. The van der Waals surface area contributed by atoms with Crippen LogP contribution in [-0.2, 0) is 16.6 Å². The van der Waals surface area contributed by atoms with Gasteiger partial charge in [-0.1, -0.05) is 24.3 Å². The maximum absolute atomic E-state index is 12.4. The summed E-state index contributed by atoms with van der Waals surface area (Å²) in [6, 6.07) is 8.85. The Morgan fingerprint density at radius 1 is 1.30 bits per heavy atom. The highest BCUT2D eigenvalue weighted by Gasteiger charge is 2.22. The molecule has 0 aliphatic heterocycles. The molecule has 6 heteroatoms. The van der Waals surface area contributed by atoms with Crippen LogP contribution >= 0.6 is 11.3 Å². The van der Waals surface area contributed by atoms with Crippen molar-refractivity contribution in [3.8, 4) is 0 Å². The fourth-order valence-corrected chi connectivity index (χ4v) is 4.63. The lowest BCUT2D eigenvalue weighted by Crippen LogP contribution is -2.27. The molecule has 20 heavy (non-hydrogen) atoms. The van der Waals surface area contributed by atoms with Crippen LogP contribution in [0.15, 0.2) is 40.6 Å². The second-order valence-electron chi connectivity index (χ2n) is 4.57. The summed E-state index contributed by atoms with van der Waals surface area (Å²) in [4.78, 5) is 0.611. The molecule has 0 amide bonds. The molecule has 1 aromatic carbocycles. The summed E-state index contributed by atoms with van der Waals surface area (Å²) in [5.74, 6) is 0. The first kappa shape index (κ1) is 15.2. The van der Waals surface area contributed by atoms with Crippen LogP contribution < -0.4 is 4.72 Å². The van der Waals surface area contributed by atoms with E-state index in [2.05, 4.69) is 4.72 Å². The minimum absolute atomic E-state index is 0.158. The second-order valence-corrected chi connectivity index (χ2v) is 7.25. The predicted octanol–water partition coefficient (Wildman–Crippen LogP) is 2.59. The third-order valence-corrected chi connectivity index (χ3v) is 5.78. The topological polar surface area (TPSA) is 66.4 Å². The molecule has 2 rings (SSSR count). The number of thiophene rings is 1. The van der Waals surface area contributed by atoms with Crippen molar-refractivity contribution >= 4 is 21.4 Å². The molecular formula is C14H17NO3S2. The maximum Gasteiger partial charge on any atom is 0.242 e. The number of nitrogens with one attached hydrogen (secondary N) is 1. The van der Waals surface area contributed by atoms with E-state index in [1.807, 2.05) is 38.1 Å². The van der Waals surface area contributed by atoms with Crippen LogP contribution in [0.1, 0.15) is 29.0 Å². The average molecular weight is 311 g/mol. The van der Waals surface area contributed by atoms with Gasteiger partial charge in [-0.15, -0.1) is 11.3 Å². The zero-order chi connectivity index (χ0) is 14.8. The quantitative estimate of drug-likeness (QED) is 0.892. The highest BCUT2D eigenvalue weighted by atomic mass is 32.2. The van der Waals surface area contributed by atoms with Crippen molar-refractivity contribution in [2.24, 2.45) is 0 Å². The smallest absolute Gasteiger partial charge is 0.242 e. The highest BCUT2D eigenvalue weighted by molar-refractivity contribution is 7.89. The van der Waals surface area contributed by atoms with Crippen LogP contribution in [-0.4, -0.2) is 13.5 Å². The summed E-state index contributed by atoms with van der Waals surface area (Å²) in [6.07, 6.45) is 0. The first-order chi connectivity index (χ1) is 9.45. The van der Waals surface area contributed by atoms with E-state index in [9.17, 15) is 13.5 Å². The zero-order valence-electron chi connectivity index (χ0n) is 11.3. The van der Waals surface area contributed by atoms with Crippen LogP contribution in [0.5, 0.6) is 0 Å². The van der Waals surface area contributed by atoms with Crippen LogP contribution in [0.25, 0.3) is 0 Å². The minimum atomic E-state index is -3.62. The molecule has 1 atom stereocenters. The first-order valence-electron chi connectivity index (χ1n) is 6.21. The third-order valence-electron chi connectivity index (χ3n) is 3.12. The van der Waals surface area contributed by atoms with Crippen molar-refractivity contribution in [1.82, 2.24) is 4.72 Å². The molecule has 108 valence electrons. The number of sulfonamides is 1. The number of aliphatic hydroxyl groups excluding tert-OH is 1. The van der Waals surface area contributed by atoms with Crippen LogP contribution in [0, 0.1) is 6.92 Å². The van der Waals surface area contributed by atoms with E-state index < -0.39 is 10.0 Å². The van der Waals surface area contributed by atoms with Gasteiger partial charge in [-0.3, -0.25) is 0 Å². The molecule has 0 aliphatic rings. The van der Waals surface area contributed by atoms with Crippen LogP contribution in [0.4, 0.5) is 0 Å². The number of aliphatic hydroxyl groups is 1. The monoisotopic (exact) mass is 311 g/mol. The summed E-state index contributed by atoms with van der Waals surface area (Å²) in [7, 11) is -3.62. The van der Waals surface area contributed by atoms with Crippen molar-refractivity contribution < 1.29 is 13.5 Å². The lowest BCUT2D eigenvalue weighted by atomic mass is 10.0. The van der Waals surface area contributed by atoms with E-state index in [4.69, 9.17) is 0 Å². The Morgan fingerprint density at radius 2 is 2.00 bits per heavy atom. The summed E-state index contributed by atoms with van der Waals surface area (Å²) in [5, 5.41) is 10.8. The largest absolute Gasteiger partial charge is 0.391 e. The van der Waals surface area contributed by atoms with E-state index in [1.165, 1.54) is 17.4 Å². The van der Waals surface area contributed by atoms with Gasteiger partial charge >= 0.3 is 0 Å². The summed E-state index contributed by atoms with van der Waals surface area (Å²) in [5.41, 5.74) is 1.98. The molecular weight excluding hydrogens is 294 g/mol. The van der Waals surface area contributed by atoms with Gasteiger partial charge in [-0.05, 0) is 36.4 Å². The maximum atomic E-state index is 12.4. The van der Waals surface area contributed by atoms with Crippen LogP contribution in [0.3, 0.4) is 0 Å². The van der Waals surface area contributed by atoms with Gasteiger partial charge in [-0.2, -0.15) is 0 Å². The molecule has 1 unspecified atom stereocenters. The highest BCUT2D eigenvalue weighted by Crippen LogP contribution is 2.24. The first-order valence-corrected chi connectivity index (χ1v) is 8.57. The molecule has 1 heterocycles. The number of hydrogen-bond donors (Lipinski definition) is 2. The van der Waals surface area contributed by atoms with Crippen molar-refractivity contribution in [3.05, 3.63) is 51.7 Å². The average Bonchev–Trinajstić information content (AvgIpc) is 2.87. The fourth-order valence-electron chi connectivity index (χ4n) is 2.12. The zero-order valence-corrected chi connectivity index (χ0v) is 13.0. The molecule has 0 fully saturated rings. The van der Waals surface area contributed by atoms with Gasteiger partial charge in [0.15, 0.2) is 0 Å². The number of rotatable bonds is 5. The van der Waals surface area contributed by atoms with Gasteiger partial charge in [0.05, 0.1) is 11.5 Å². The van der Waals surface area contributed by atoms with Gasteiger partial charge in [-0.25, -0.2) is 13.1 Å². The minimum Gasteiger partial charge on any atom is -0.391 e. The number of aryl methyl sites for hydroxylation is 1. The number of benzene rings is 1. The Labute approximate surface area is 123 Å². The van der Waals surface area contributed by atoms with Crippen molar-refractivity contribution in [3.63, 3.8) is 0 Å². The summed E-state index contributed by atoms with van der Waals surface area (Å²) < 4.78 is 27.4. The van der Waals surface area contributed by atoms with E-state index in [0.717, 1.165) is 11.1 Å². The predicted molar refractivity (Wildman–Crippen MR) is 80.2 cm³/mol. The molecule has 0 radical (unpaired) electrons. The van der Waals surface area contributed by atoms with Gasteiger partial charge < -0.3 is 5.11 Å². The summed E-state index contributed by atoms with van der Waals surface area (Å²) in [6.45, 7) is 3.49. The summed E-state index contributed by atoms with van der Waals surface area (Å²) >= 11 is 1.23. The van der Waals surface area contributed by atoms with Crippen LogP contribution in [0.2, 0.25) is 0 Å². The Hall–Kier alpha value is -1.21. The Balaban J connectivity index is 2.27. The van der Waals surface area contributed by atoms with Crippen molar-refractivity contribution in [2.45, 2.75) is 31.4 Å². The molecule has 0 aliphatic carbocycles. The molecule has 2 N–H and O–H groups in total. The molecule has 0 spiro atoms. The van der Waals surface area contributed by atoms with E-state index in [1.54, 1.807) is 5.38 Å². The third kappa shape index (κ3) is 3.09. The molecule has 0 bridgehead atoms. The van der Waals surface area contributed by atoms with E-state index in [0.29, 0.717) is 4.88 Å². The molecule has 2 aromatic rings.